The van der Waals surface area contributed by atoms with E-state index in [4.69, 9.17) is 0 Å². The van der Waals surface area contributed by atoms with Crippen molar-refractivity contribution in [2.75, 3.05) is 11.9 Å². The number of nitrogens with one attached hydrogen (secondary N) is 1. The van der Waals surface area contributed by atoms with Crippen molar-refractivity contribution in [2.24, 2.45) is 0 Å². The summed E-state index contributed by atoms with van der Waals surface area (Å²) in [6.45, 7) is 1.96. The minimum absolute atomic E-state index is 0.891. The van der Waals surface area contributed by atoms with Gasteiger partial charge in [0.25, 0.3) is 0 Å². The standard InChI is InChI=1S/C12H15BrN2S/c13-7-3-4-8-14-9-12-15-10-5-1-2-6-11(10)16-12/h1-2,5-6,14H,3-4,7-9H2. The van der Waals surface area contributed by atoms with Crippen molar-refractivity contribution < 1.29 is 0 Å². The van der Waals surface area contributed by atoms with Crippen molar-refractivity contribution in [3.8, 4) is 0 Å². The highest BCUT2D eigenvalue weighted by atomic mass is 79.9. The van der Waals surface area contributed by atoms with Gasteiger partial charge in [0.05, 0.1) is 10.2 Å². The number of unbranched alkanes of at least 4 members (excludes halogenated alkanes) is 1. The second-order valence-electron chi connectivity index (χ2n) is 3.65. The van der Waals surface area contributed by atoms with Crippen molar-refractivity contribution in [1.82, 2.24) is 10.3 Å². The Morgan fingerprint density at radius 1 is 1.25 bits per heavy atom. The molecule has 0 aliphatic rings. The van der Waals surface area contributed by atoms with Crippen LogP contribution in [0.3, 0.4) is 0 Å². The summed E-state index contributed by atoms with van der Waals surface area (Å²) in [6, 6.07) is 8.30. The van der Waals surface area contributed by atoms with E-state index in [9.17, 15) is 0 Å². The summed E-state index contributed by atoms with van der Waals surface area (Å²) in [5.74, 6) is 0. The molecule has 2 nitrogen and oxygen atoms in total. The van der Waals surface area contributed by atoms with E-state index in [0.29, 0.717) is 0 Å². The highest BCUT2D eigenvalue weighted by Crippen LogP contribution is 2.21. The van der Waals surface area contributed by atoms with Gasteiger partial charge in [-0.2, -0.15) is 0 Å². The van der Waals surface area contributed by atoms with Crippen molar-refractivity contribution in [3.63, 3.8) is 0 Å². The van der Waals surface area contributed by atoms with Gasteiger partial charge in [0.1, 0.15) is 5.01 Å². The van der Waals surface area contributed by atoms with Crippen LogP contribution in [0.15, 0.2) is 24.3 Å². The number of fused-ring (bicyclic) bond motifs is 1. The monoisotopic (exact) mass is 298 g/mol. The first-order valence-electron chi connectivity index (χ1n) is 5.51. The molecule has 86 valence electrons. The molecule has 0 amide bonds. The van der Waals surface area contributed by atoms with Crippen LogP contribution in [0.1, 0.15) is 17.8 Å². The van der Waals surface area contributed by atoms with Gasteiger partial charge in [0.15, 0.2) is 0 Å². The highest BCUT2D eigenvalue weighted by Gasteiger charge is 2.01. The van der Waals surface area contributed by atoms with Gasteiger partial charge in [-0.15, -0.1) is 11.3 Å². The fourth-order valence-corrected chi connectivity index (χ4v) is 2.87. The number of aromatic nitrogens is 1. The number of hydrogen-bond donors (Lipinski definition) is 1. The van der Waals surface area contributed by atoms with E-state index < -0.39 is 0 Å². The molecule has 0 radical (unpaired) electrons. The molecule has 0 fully saturated rings. The number of benzene rings is 1. The molecule has 2 aromatic rings. The average Bonchev–Trinajstić information content (AvgIpc) is 2.71. The lowest BCUT2D eigenvalue weighted by Gasteiger charge is -2.00. The largest absolute Gasteiger partial charge is 0.310 e. The number of hydrogen-bond acceptors (Lipinski definition) is 3. The third-order valence-corrected chi connectivity index (χ3v) is 3.95. The normalized spacial score (nSPS) is 11.1. The molecule has 2 rings (SSSR count). The summed E-state index contributed by atoms with van der Waals surface area (Å²) in [5, 5.41) is 5.70. The molecule has 1 N–H and O–H groups in total. The molecule has 16 heavy (non-hydrogen) atoms. The van der Waals surface area contributed by atoms with Crippen LogP contribution in [0.4, 0.5) is 0 Å². The second-order valence-corrected chi connectivity index (χ2v) is 5.56. The maximum Gasteiger partial charge on any atom is 0.108 e. The van der Waals surface area contributed by atoms with Crippen LogP contribution in [-0.2, 0) is 6.54 Å². The van der Waals surface area contributed by atoms with Crippen LogP contribution in [0.2, 0.25) is 0 Å². The van der Waals surface area contributed by atoms with Crippen LogP contribution in [-0.4, -0.2) is 16.9 Å². The molecular formula is C12H15BrN2S. The lowest BCUT2D eigenvalue weighted by molar-refractivity contribution is 0.643. The van der Waals surface area contributed by atoms with Crippen LogP contribution in [0.25, 0.3) is 10.2 Å². The van der Waals surface area contributed by atoms with E-state index in [0.717, 1.165) is 23.9 Å². The Balaban J connectivity index is 1.85. The number of rotatable bonds is 6. The van der Waals surface area contributed by atoms with Crippen molar-refractivity contribution in [3.05, 3.63) is 29.3 Å². The van der Waals surface area contributed by atoms with Gasteiger partial charge in [0.2, 0.25) is 0 Å². The van der Waals surface area contributed by atoms with E-state index in [1.165, 1.54) is 22.5 Å². The molecule has 0 saturated heterocycles. The van der Waals surface area contributed by atoms with Crippen LogP contribution in [0.5, 0.6) is 0 Å². The number of alkyl halides is 1. The fourth-order valence-electron chi connectivity index (χ4n) is 1.54. The number of para-hydroxylation sites is 1. The predicted molar refractivity (Wildman–Crippen MR) is 74.4 cm³/mol. The van der Waals surface area contributed by atoms with Crippen LogP contribution < -0.4 is 5.32 Å². The number of thiazole rings is 1. The molecule has 0 aliphatic heterocycles. The predicted octanol–water partition coefficient (Wildman–Crippen LogP) is 3.56. The Labute approximate surface area is 108 Å². The third-order valence-electron chi connectivity index (χ3n) is 2.35. The summed E-state index contributed by atoms with van der Waals surface area (Å²) < 4.78 is 1.28. The Kier molecular flexibility index (Phi) is 4.75. The van der Waals surface area contributed by atoms with Crippen LogP contribution >= 0.6 is 27.3 Å². The first-order valence-corrected chi connectivity index (χ1v) is 7.45. The van der Waals surface area contributed by atoms with Crippen molar-refractivity contribution >= 4 is 37.5 Å². The molecule has 0 unspecified atom stereocenters. The fraction of sp³-hybridized carbons (Fsp3) is 0.417. The van der Waals surface area contributed by atoms with Gasteiger partial charge in [-0.25, -0.2) is 4.98 Å². The van der Waals surface area contributed by atoms with E-state index in [2.05, 4.69) is 44.4 Å². The quantitative estimate of drug-likeness (QED) is 0.651. The third kappa shape index (κ3) is 3.27. The van der Waals surface area contributed by atoms with E-state index >= 15 is 0 Å². The molecule has 0 saturated carbocycles. The number of nitrogens with zero attached hydrogens (tertiary/aromatic N) is 1. The second kappa shape index (κ2) is 6.33. The Morgan fingerprint density at radius 2 is 2.12 bits per heavy atom. The molecule has 0 aliphatic carbocycles. The molecular weight excluding hydrogens is 284 g/mol. The Hall–Kier alpha value is -0.450. The molecule has 0 bridgehead atoms. The Bertz CT molecular complexity index is 408. The lowest BCUT2D eigenvalue weighted by Crippen LogP contribution is -2.14. The molecule has 1 aromatic carbocycles. The first-order chi connectivity index (χ1) is 7.90. The smallest absolute Gasteiger partial charge is 0.108 e. The molecule has 0 atom stereocenters. The van der Waals surface area contributed by atoms with Crippen molar-refractivity contribution in [2.45, 2.75) is 19.4 Å². The zero-order valence-electron chi connectivity index (χ0n) is 9.08. The van der Waals surface area contributed by atoms with Crippen LogP contribution in [0, 0.1) is 0 Å². The minimum Gasteiger partial charge on any atom is -0.310 e. The zero-order valence-corrected chi connectivity index (χ0v) is 11.5. The summed E-state index contributed by atoms with van der Waals surface area (Å²) >= 11 is 5.21. The molecule has 1 heterocycles. The van der Waals surface area contributed by atoms with E-state index in [1.807, 2.05) is 6.07 Å². The van der Waals surface area contributed by atoms with E-state index in [-0.39, 0.29) is 0 Å². The summed E-state index contributed by atoms with van der Waals surface area (Å²) in [5.41, 5.74) is 1.12. The Morgan fingerprint density at radius 3 is 2.94 bits per heavy atom. The summed E-state index contributed by atoms with van der Waals surface area (Å²) in [7, 11) is 0. The maximum atomic E-state index is 4.58. The molecule has 0 spiro atoms. The topological polar surface area (TPSA) is 24.9 Å². The molecule has 4 heteroatoms. The van der Waals surface area contributed by atoms with Gasteiger partial charge in [0, 0.05) is 11.9 Å². The van der Waals surface area contributed by atoms with Crippen molar-refractivity contribution in [1.29, 1.82) is 0 Å². The SMILES string of the molecule is BrCCCCNCc1nc2ccccc2s1. The van der Waals surface area contributed by atoms with Gasteiger partial charge in [-0.1, -0.05) is 28.1 Å². The van der Waals surface area contributed by atoms with Gasteiger partial charge in [-0.05, 0) is 31.5 Å². The van der Waals surface area contributed by atoms with Gasteiger partial charge < -0.3 is 5.32 Å². The summed E-state index contributed by atoms with van der Waals surface area (Å²) in [6.07, 6.45) is 2.45. The highest BCUT2D eigenvalue weighted by molar-refractivity contribution is 9.09. The maximum absolute atomic E-state index is 4.58. The zero-order chi connectivity index (χ0) is 11.2. The number of halogens is 1. The van der Waals surface area contributed by atoms with Gasteiger partial charge >= 0.3 is 0 Å². The van der Waals surface area contributed by atoms with Gasteiger partial charge in [-0.3, -0.25) is 0 Å². The first kappa shape index (κ1) is 12.0. The van der Waals surface area contributed by atoms with E-state index in [1.54, 1.807) is 11.3 Å². The molecule has 1 aromatic heterocycles. The lowest BCUT2D eigenvalue weighted by atomic mass is 10.3. The minimum atomic E-state index is 0.891. The average molecular weight is 299 g/mol. The summed E-state index contributed by atoms with van der Waals surface area (Å²) in [4.78, 5) is 4.58.